The molecule has 158 valence electrons. The molecule has 0 saturated heterocycles. The van der Waals surface area contributed by atoms with E-state index in [4.69, 9.17) is 0 Å². The van der Waals surface area contributed by atoms with Gasteiger partial charge in [-0.2, -0.15) is 5.10 Å². The molecule has 3 nitrogen and oxygen atoms in total. The summed E-state index contributed by atoms with van der Waals surface area (Å²) in [6, 6.07) is 20.6. The van der Waals surface area contributed by atoms with Crippen LogP contribution in [0.25, 0.3) is 0 Å². The number of benzene rings is 3. The number of aryl methyl sites for hydroxylation is 4. The summed E-state index contributed by atoms with van der Waals surface area (Å²) in [5, 5.41) is 4.58. The van der Waals surface area contributed by atoms with Crippen LogP contribution in [0.15, 0.2) is 65.8 Å². The monoisotopic (exact) mass is 410 g/mol. The standard InChI is InChI=1S/C28H30N2O/c1-18-11-12-23(15-19(18)2)28(5)14-13-26(24-16-20(3)21(4)17-25(24)28)29-30-27(31)22-9-7-6-8-10-22/h6-12,15-17H,13-14H2,1-5H3,(H,30,31). The maximum atomic E-state index is 12.5. The number of carbonyl (C=O) groups is 1. The summed E-state index contributed by atoms with van der Waals surface area (Å²) in [5.41, 5.74) is 13.2. The van der Waals surface area contributed by atoms with Gasteiger partial charge in [-0.05, 0) is 92.1 Å². The molecule has 0 spiro atoms. The van der Waals surface area contributed by atoms with Crippen LogP contribution in [0.3, 0.4) is 0 Å². The lowest BCUT2D eigenvalue weighted by Crippen LogP contribution is -2.33. The van der Waals surface area contributed by atoms with Crippen molar-refractivity contribution in [1.82, 2.24) is 5.43 Å². The maximum absolute atomic E-state index is 12.5. The summed E-state index contributed by atoms with van der Waals surface area (Å²) in [4.78, 5) is 12.5. The SMILES string of the molecule is Cc1ccc(C2(C)CCC(=NNC(=O)c3ccccc3)c3cc(C)c(C)cc32)cc1C. The Hall–Kier alpha value is -3.20. The number of carbonyl (C=O) groups excluding carboxylic acids is 1. The van der Waals surface area contributed by atoms with E-state index >= 15 is 0 Å². The van der Waals surface area contributed by atoms with Gasteiger partial charge in [-0.25, -0.2) is 5.43 Å². The van der Waals surface area contributed by atoms with Crippen molar-refractivity contribution in [2.45, 2.75) is 52.9 Å². The Morgan fingerprint density at radius 3 is 2.26 bits per heavy atom. The van der Waals surface area contributed by atoms with Gasteiger partial charge in [0.25, 0.3) is 5.91 Å². The number of amides is 1. The average molecular weight is 411 g/mol. The molecule has 1 aliphatic carbocycles. The van der Waals surface area contributed by atoms with E-state index in [1.54, 1.807) is 12.1 Å². The molecule has 1 atom stereocenters. The Balaban J connectivity index is 1.76. The number of fused-ring (bicyclic) bond motifs is 1. The van der Waals surface area contributed by atoms with Crippen LogP contribution in [-0.2, 0) is 5.41 Å². The van der Waals surface area contributed by atoms with E-state index in [9.17, 15) is 4.79 Å². The second-order valence-electron chi connectivity index (χ2n) is 8.98. The molecule has 1 N–H and O–H groups in total. The molecule has 0 aliphatic heterocycles. The normalized spacial score (nSPS) is 19.2. The second-order valence-corrected chi connectivity index (χ2v) is 8.98. The van der Waals surface area contributed by atoms with Crippen molar-refractivity contribution >= 4 is 11.6 Å². The van der Waals surface area contributed by atoms with Crippen molar-refractivity contribution in [2.75, 3.05) is 0 Å². The molecule has 0 fully saturated rings. The highest BCUT2D eigenvalue weighted by Crippen LogP contribution is 2.43. The van der Waals surface area contributed by atoms with Crippen LogP contribution in [0.4, 0.5) is 0 Å². The molecule has 3 aromatic carbocycles. The number of hydrogen-bond donors (Lipinski definition) is 1. The summed E-state index contributed by atoms with van der Waals surface area (Å²) in [6.45, 7) is 11.0. The third-order valence-corrected chi connectivity index (χ3v) is 6.87. The predicted molar refractivity (Wildman–Crippen MR) is 128 cm³/mol. The fourth-order valence-corrected chi connectivity index (χ4v) is 4.42. The van der Waals surface area contributed by atoms with Gasteiger partial charge in [-0.3, -0.25) is 4.79 Å². The summed E-state index contributed by atoms with van der Waals surface area (Å²) in [7, 11) is 0. The van der Waals surface area contributed by atoms with Gasteiger partial charge in [0.1, 0.15) is 0 Å². The highest BCUT2D eigenvalue weighted by molar-refractivity contribution is 6.05. The van der Waals surface area contributed by atoms with E-state index in [2.05, 4.69) is 75.5 Å². The summed E-state index contributed by atoms with van der Waals surface area (Å²) >= 11 is 0. The molecule has 3 aromatic rings. The van der Waals surface area contributed by atoms with Gasteiger partial charge in [0.15, 0.2) is 0 Å². The Kier molecular flexibility index (Phi) is 5.53. The Bertz CT molecular complexity index is 1180. The molecular formula is C28H30N2O. The molecule has 3 heteroatoms. The fourth-order valence-electron chi connectivity index (χ4n) is 4.42. The molecule has 1 aliphatic rings. The van der Waals surface area contributed by atoms with Gasteiger partial charge in [0, 0.05) is 16.5 Å². The minimum Gasteiger partial charge on any atom is -0.267 e. The van der Waals surface area contributed by atoms with E-state index in [1.165, 1.54) is 33.4 Å². The zero-order chi connectivity index (χ0) is 22.2. The second kappa shape index (κ2) is 8.14. The lowest BCUT2D eigenvalue weighted by molar-refractivity contribution is 0.0954. The molecule has 0 radical (unpaired) electrons. The van der Waals surface area contributed by atoms with Crippen LogP contribution in [0, 0.1) is 27.7 Å². The van der Waals surface area contributed by atoms with Gasteiger partial charge in [0.05, 0.1) is 5.71 Å². The Labute approximate surface area is 185 Å². The zero-order valence-electron chi connectivity index (χ0n) is 19.0. The van der Waals surface area contributed by atoms with E-state index < -0.39 is 0 Å². The molecule has 0 aromatic heterocycles. The molecule has 1 amide bonds. The lowest BCUT2D eigenvalue weighted by atomic mass is 9.66. The lowest BCUT2D eigenvalue weighted by Gasteiger charge is -2.38. The average Bonchev–Trinajstić information content (AvgIpc) is 2.77. The van der Waals surface area contributed by atoms with Crippen LogP contribution >= 0.6 is 0 Å². The minimum absolute atomic E-state index is 0.0886. The summed E-state index contributed by atoms with van der Waals surface area (Å²) in [6.07, 6.45) is 1.76. The van der Waals surface area contributed by atoms with E-state index in [1.807, 2.05) is 18.2 Å². The number of nitrogens with zero attached hydrogens (tertiary/aromatic N) is 1. The van der Waals surface area contributed by atoms with Gasteiger partial charge < -0.3 is 0 Å². The van der Waals surface area contributed by atoms with Crippen molar-refractivity contribution in [1.29, 1.82) is 0 Å². The third-order valence-electron chi connectivity index (χ3n) is 6.87. The van der Waals surface area contributed by atoms with Crippen molar-refractivity contribution < 1.29 is 4.79 Å². The van der Waals surface area contributed by atoms with Crippen LogP contribution in [0.2, 0.25) is 0 Å². The first-order chi connectivity index (χ1) is 14.8. The van der Waals surface area contributed by atoms with E-state index in [0.29, 0.717) is 5.56 Å². The van der Waals surface area contributed by atoms with Gasteiger partial charge in [0.2, 0.25) is 0 Å². The van der Waals surface area contributed by atoms with Crippen molar-refractivity contribution in [3.63, 3.8) is 0 Å². The van der Waals surface area contributed by atoms with Crippen molar-refractivity contribution in [2.24, 2.45) is 5.10 Å². The molecule has 1 unspecified atom stereocenters. The van der Waals surface area contributed by atoms with Crippen LogP contribution < -0.4 is 5.43 Å². The molecule has 4 rings (SSSR count). The molecular weight excluding hydrogens is 380 g/mol. The minimum atomic E-state index is -0.180. The van der Waals surface area contributed by atoms with Crippen molar-refractivity contribution in [3.05, 3.63) is 105 Å². The van der Waals surface area contributed by atoms with Gasteiger partial charge in [-0.1, -0.05) is 49.4 Å². The zero-order valence-corrected chi connectivity index (χ0v) is 19.0. The number of hydrazone groups is 1. The Morgan fingerprint density at radius 2 is 1.55 bits per heavy atom. The smallest absolute Gasteiger partial charge is 0.267 e. The number of rotatable bonds is 3. The first-order valence-corrected chi connectivity index (χ1v) is 10.9. The first kappa shape index (κ1) is 21.0. The predicted octanol–water partition coefficient (Wildman–Crippen LogP) is 6.15. The fraction of sp³-hybridized carbons (Fsp3) is 0.286. The third kappa shape index (κ3) is 3.93. The van der Waals surface area contributed by atoms with Crippen LogP contribution in [0.1, 0.15) is 69.1 Å². The summed E-state index contributed by atoms with van der Waals surface area (Å²) in [5.74, 6) is -0.180. The quantitative estimate of drug-likeness (QED) is 0.517. The largest absolute Gasteiger partial charge is 0.271 e. The molecule has 0 heterocycles. The van der Waals surface area contributed by atoms with Crippen LogP contribution in [0.5, 0.6) is 0 Å². The maximum Gasteiger partial charge on any atom is 0.271 e. The number of nitrogens with one attached hydrogen (secondary N) is 1. The van der Waals surface area contributed by atoms with Crippen molar-refractivity contribution in [3.8, 4) is 0 Å². The van der Waals surface area contributed by atoms with Crippen LogP contribution in [-0.4, -0.2) is 11.6 Å². The van der Waals surface area contributed by atoms with Gasteiger partial charge in [-0.15, -0.1) is 0 Å². The van der Waals surface area contributed by atoms with E-state index in [0.717, 1.165) is 24.1 Å². The Morgan fingerprint density at radius 1 is 0.871 bits per heavy atom. The summed E-state index contributed by atoms with van der Waals surface area (Å²) < 4.78 is 0. The molecule has 0 saturated carbocycles. The molecule has 31 heavy (non-hydrogen) atoms. The molecule has 0 bridgehead atoms. The highest BCUT2D eigenvalue weighted by atomic mass is 16.2. The number of hydrogen-bond acceptors (Lipinski definition) is 2. The van der Waals surface area contributed by atoms with Gasteiger partial charge >= 0.3 is 0 Å². The highest BCUT2D eigenvalue weighted by Gasteiger charge is 2.37. The van der Waals surface area contributed by atoms with E-state index in [-0.39, 0.29) is 11.3 Å². The first-order valence-electron chi connectivity index (χ1n) is 10.9. The topological polar surface area (TPSA) is 41.5 Å².